The number of nitrogens with zero attached hydrogens (tertiary/aromatic N) is 6. The molecule has 0 saturated heterocycles. The van der Waals surface area contributed by atoms with Gasteiger partial charge in [-0.25, -0.2) is 0 Å². The fourth-order valence-electron chi connectivity index (χ4n) is 7.80. The Morgan fingerprint density at radius 2 is 0.333 bits per heavy atom. The molecule has 12 nitrogen and oxygen atoms in total. The van der Waals surface area contributed by atoms with Crippen LogP contribution in [0.4, 0.5) is 0 Å². The Morgan fingerprint density at radius 1 is 0.233 bits per heavy atom. The van der Waals surface area contributed by atoms with Crippen LogP contribution < -0.4 is 0 Å². The van der Waals surface area contributed by atoms with Crippen molar-refractivity contribution in [2.24, 2.45) is 0 Å². The average Bonchev–Trinajstić information content (AvgIpc) is 3.25. The highest BCUT2D eigenvalue weighted by Gasteiger charge is 2.23. The molecule has 0 unspecified atom stereocenters. The van der Waals surface area contributed by atoms with Gasteiger partial charge in [-0.05, 0) is 140 Å². The second kappa shape index (κ2) is 15.9. The van der Waals surface area contributed by atoms with Crippen molar-refractivity contribution in [3.05, 3.63) is 173 Å². The summed E-state index contributed by atoms with van der Waals surface area (Å²) in [6, 6.07) is 29.5. The lowest BCUT2D eigenvalue weighted by Gasteiger charge is -2.18. The molecule has 0 aliphatic heterocycles. The summed E-state index contributed by atoms with van der Waals surface area (Å²) in [6.45, 7) is 0. The van der Waals surface area contributed by atoms with Gasteiger partial charge in [0.2, 0.25) is 0 Å². The molecule has 7 rings (SSSR count). The van der Waals surface area contributed by atoms with Crippen LogP contribution in [0.2, 0.25) is 0 Å². The number of nitriles is 6. The quantitative estimate of drug-likeness (QED) is 0.0907. The van der Waals surface area contributed by atoms with E-state index in [0.29, 0.717) is 0 Å². The molecule has 288 valence electrons. The van der Waals surface area contributed by atoms with E-state index in [0.717, 1.165) is 0 Å². The molecule has 1 aliphatic rings. The Bertz CT molecular complexity index is 2410. The van der Waals surface area contributed by atoms with E-state index in [9.17, 15) is 62.2 Å². The standard InChI is InChI=1S/C48H30N6O6/c49-19-25-1-31-13-33-3-26(20-50)4-35(44(33)56)15-36-7-28(22-52)8-39(46(36)58)17-40-11-30(24-54)12-42(48(40)60)18-41-10-29(23-53)9-38(47(41)59)16-37-6-27(21-51)5-34(45(37)57)14-32(2-25)43(31)55/h1-12,55-60H,13-18H2. The molecule has 6 N–H and O–H groups in total. The Kier molecular flexibility index (Phi) is 10.4. The van der Waals surface area contributed by atoms with E-state index in [1.165, 1.54) is 72.8 Å². The molecule has 0 radical (unpaired) electrons. The fraction of sp³-hybridized carbons (Fsp3) is 0.125. The first-order valence-electron chi connectivity index (χ1n) is 18.4. The number of phenolic OH excluding ortho intramolecular Hbond substituents is 6. The van der Waals surface area contributed by atoms with Gasteiger partial charge in [-0.3, -0.25) is 0 Å². The van der Waals surface area contributed by atoms with E-state index in [2.05, 4.69) is 36.4 Å². The molecular weight excluding hydrogens is 757 g/mol. The summed E-state index contributed by atoms with van der Waals surface area (Å²) in [5.74, 6) is -1.62. The van der Waals surface area contributed by atoms with Crippen molar-refractivity contribution in [2.45, 2.75) is 38.5 Å². The van der Waals surface area contributed by atoms with Gasteiger partial charge >= 0.3 is 0 Å². The maximum absolute atomic E-state index is 11.6. The number of rotatable bonds is 0. The largest absolute Gasteiger partial charge is 0.507 e. The number of hydrogen-bond donors (Lipinski definition) is 6. The molecule has 12 heteroatoms. The molecule has 0 amide bonds. The maximum Gasteiger partial charge on any atom is 0.122 e. The van der Waals surface area contributed by atoms with E-state index >= 15 is 0 Å². The van der Waals surface area contributed by atoms with Gasteiger partial charge in [-0.2, -0.15) is 31.6 Å². The normalized spacial score (nSPS) is 11.9. The Labute approximate surface area is 343 Å². The molecule has 0 heterocycles. The van der Waals surface area contributed by atoms with Gasteiger partial charge in [0.25, 0.3) is 0 Å². The van der Waals surface area contributed by atoms with Gasteiger partial charge in [0.1, 0.15) is 34.5 Å². The lowest BCUT2D eigenvalue weighted by Crippen LogP contribution is -2.03. The summed E-state index contributed by atoms with van der Waals surface area (Å²) in [6.07, 6.45) is -0.992. The van der Waals surface area contributed by atoms with Crippen molar-refractivity contribution >= 4 is 0 Å². The van der Waals surface area contributed by atoms with Crippen LogP contribution in [0.15, 0.2) is 72.8 Å². The monoisotopic (exact) mass is 786 g/mol. The zero-order valence-electron chi connectivity index (χ0n) is 31.5. The molecule has 1 aliphatic carbocycles. The number of hydrogen-bond acceptors (Lipinski definition) is 12. The van der Waals surface area contributed by atoms with Crippen LogP contribution in [0.1, 0.15) is 100 Å². The predicted octanol–water partition coefficient (Wildman–Crippen LogP) is 7.01. The van der Waals surface area contributed by atoms with E-state index in [4.69, 9.17) is 0 Å². The highest BCUT2D eigenvalue weighted by molar-refractivity contribution is 5.61. The first-order valence-corrected chi connectivity index (χ1v) is 18.4. The molecule has 12 bridgehead atoms. The van der Waals surface area contributed by atoms with Crippen LogP contribution in [0, 0.1) is 68.0 Å². The van der Waals surface area contributed by atoms with E-state index in [-0.39, 0.29) is 173 Å². The van der Waals surface area contributed by atoms with Crippen molar-refractivity contribution < 1.29 is 30.6 Å². The lowest BCUT2D eigenvalue weighted by atomic mass is 9.89. The van der Waals surface area contributed by atoms with Crippen LogP contribution >= 0.6 is 0 Å². The van der Waals surface area contributed by atoms with Crippen LogP contribution in [0.25, 0.3) is 0 Å². The summed E-state index contributed by atoms with van der Waals surface area (Å²) in [5, 5.41) is 130. The number of fused-ring (bicyclic) bond motifs is 12. The van der Waals surface area contributed by atoms with Gasteiger partial charge < -0.3 is 30.6 Å². The minimum absolute atomic E-state index is 0.140. The molecule has 0 atom stereocenters. The van der Waals surface area contributed by atoms with Crippen LogP contribution in [0.5, 0.6) is 34.5 Å². The minimum atomic E-state index is -0.269. The fourth-order valence-corrected chi connectivity index (χ4v) is 7.80. The van der Waals surface area contributed by atoms with Gasteiger partial charge in [0.05, 0.1) is 69.8 Å². The van der Waals surface area contributed by atoms with Gasteiger partial charge in [-0.15, -0.1) is 0 Å². The zero-order chi connectivity index (χ0) is 42.8. The van der Waals surface area contributed by atoms with E-state index in [1.54, 1.807) is 0 Å². The molecule has 0 spiro atoms. The van der Waals surface area contributed by atoms with Gasteiger partial charge in [0.15, 0.2) is 0 Å². The molecule has 60 heavy (non-hydrogen) atoms. The molecular formula is C48H30N6O6. The van der Waals surface area contributed by atoms with Gasteiger partial charge in [-0.1, -0.05) is 0 Å². The van der Waals surface area contributed by atoms with Crippen molar-refractivity contribution in [3.8, 4) is 70.9 Å². The van der Waals surface area contributed by atoms with Crippen LogP contribution in [-0.2, 0) is 38.5 Å². The zero-order valence-corrected chi connectivity index (χ0v) is 31.5. The first kappa shape index (κ1) is 39.3. The molecule has 0 saturated carbocycles. The third kappa shape index (κ3) is 7.48. The predicted molar refractivity (Wildman–Crippen MR) is 214 cm³/mol. The van der Waals surface area contributed by atoms with Crippen LogP contribution in [0.3, 0.4) is 0 Å². The second-order valence-electron chi connectivity index (χ2n) is 14.6. The minimum Gasteiger partial charge on any atom is -0.507 e. The summed E-state index contributed by atoms with van der Waals surface area (Å²) in [4.78, 5) is 0. The first-order chi connectivity index (χ1) is 28.9. The Morgan fingerprint density at radius 3 is 0.417 bits per heavy atom. The maximum atomic E-state index is 11.6. The Balaban J connectivity index is 1.49. The third-order valence-electron chi connectivity index (χ3n) is 10.7. The number of aromatic hydroxyl groups is 6. The highest BCUT2D eigenvalue weighted by atomic mass is 16.3. The average molecular weight is 787 g/mol. The van der Waals surface area contributed by atoms with Crippen molar-refractivity contribution in [2.75, 3.05) is 0 Å². The van der Waals surface area contributed by atoms with Gasteiger partial charge in [0, 0.05) is 38.5 Å². The topological polar surface area (TPSA) is 264 Å². The second-order valence-corrected chi connectivity index (χ2v) is 14.6. The Hall–Kier alpha value is -8.94. The summed E-state index contributed by atoms with van der Waals surface area (Å²) >= 11 is 0. The molecule has 6 aromatic rings. The summed E-state index contributed by atoms with van der Waals surface area (Å²) in [5.41, 5.74) is 3.25. The highest BCUT2D eigenvalue weighted by Crippen LogP contribution is 2.40. The number of phenols is 6. The number of benzene rings is 6. The van der Waals surface area contributed by atoms with Crippen molar-refractivity contribution in [3.63, 3.8) is 0 Å². The molecule has 0 aromatic heterocycles. The SMILES string of the molecule is N#Cc1cc2c(O)c(c1)Cc1cc(C#N)cc(c1O)Cc1cc(C#N)cc(c1O)Cc1cc(C#N)cc(c1O)Cc1cc(C#N)cc(c1O)Cc1cc(C#N)cc(c1O)C2. The smallest absolute Gasteiger partial charge is 0.122 e. The van der Waals surface area contributed by atoms with E-state index in [1.807, 2.05) is 0 Å². The lowest BCUT2D eigenvalue weighted by molar-refractivity contribution is 0.451. The van der Waals surface area contributed by atoms with Crippen molar-refractivity contribution in [1.82, 2.24) is 0 Å². The molecule has 0 fully saturated rings. The van der Waals surface area contributed by atoms with E-state index < -0.39 is 0 Å². The van der Waals surface area contributed by atoms with Crippen LogP contribution in [-0.4, -0.2) is 30.6 Å². The molecule has 6 aromatic carbocycles. The third-order valence-corrected chi connectivity index (χ3v) is 10.7. The van der Waals surface area contributed by atoms with Crippen molar-refractivity contribution in [1.29, 1.82) is 31.6 Å². The summed E-state index contributed by atoms with van der Waals surface area (Å²) in [7, 11) is 0. The summed E-state index contributed by atoms with van der Waals surface area (Å²) < 4.78 is 0.